The second-order valence-corrected chi connectivity index (χ2v) is 4.91. The van der Waals surface area contributed by atoms with Crippen molar-refractivity contribution < 1.29 is 4.74 Å². The Morgan fingerprint density at radius 2 is 2.41 bits per heavy atom. The quantitative estimate of drug-likeness (QED) is 0.803. The van der Waals surface area contributed by atoms with E-state index in [1.165, 1.54) is 5.56 Å². The van der Waals surface area contributed by atoms with Crippen LogP contribution in [0.1, 0.15) is 17.5 Å². The fourth-order valence-corrected chi connectivity index (χ4v) is 2.27. The monoisotopic (exact) mass is 250 g/mol. The molecule has 1 heterocycles. The third-order valence-corrected chi connectivity index (χ3v) is 3.35. The van der Waals surface area contributed by atoms with Crippen LogP contribution in [0.15, 0.2) is 18.2 Å². The standard InChI is InChI=1S/C13H18N2OS/c1-9-3-2-4-11(13(14)17)12(9)15-7-10-5-6-16-8-10/h2-4,10,15H,5-8H2,1H3,(H2,14,17). The summed E-state index contributed by atoms with van der Waals surface area (Å²) < 4.78 is 5.36. The van der Waals surface area contributed by atoms with Gasteiger partial charge < -0.3 is 15.8 Å². The van der Waals surface area contributed by atoms with Crippen LogP contribution in [0.3, 0.4) is 0 Å². The summed E-state index contributed by atoms with van der Waals surface area (Å²) in [5.41, 5.74) is 8.90. The fraction of sp³-hybridized carbons (Fsp3) is 0.462. The van der Waals surface area contributed by atoms with Crippen LogP contribution in [0.4, 0.5) is 5.69 Å². The third-order valence-electron chi connectivity index (χ3n) is 3.13. The predicted molar refractivity (Wildman–Crippen MR) is 74.5 cm³/mol. The minimum Gasteiger partial charge on any atom is -0.389 e. The molecular formula is C13H18N2OS. The molecule has 0 radical (unpaired) electrons. The average molecular weight is 250 g/mol. The van der Waals surface area contributed by atoms with Crippen LogP contribution in [-0.4, -0.2) is 24.7 Å². The van der Waals surface area contributed by atoms with Gasteiger partial charge in [-0.1, -0.05) is 24.4 Å². The summed E-state index contributed by atoms with van der Waals surface area (Å²) in [5, 5.41) is 3.46. The van der Waals surface area contributed by atoms with Crippen molar-refractivity contribution in [1.82, 2.24) is 0 Å². The zero-order valence-electron chi connectivity index (χ0n) is 10.0. The van der Waals surface area contributed by atoms with Crippen molar-refractivity contribution in [3.63, 3.8) is 0 Å². The maximum Gasteiger partial charge on any atom is 0.106 e. The Morgan fingerprint density at radius 3 is 3.06 bits per heavy atom. The number of hydrogen-bond donors (Lipinski definition) is 2. The first-order chi connectivity index (χ1) is 8.18. The molecule has 1 fully saturated rings. The summed E-state index contributed by atoms with van der Waals surface area (Å²) in [6.07, 6.45) is 1.13. The van der Waals surface area contributed by atoms with E-state index in [9.17, 15) is 0 Å². The number of rotatable bonds is 4. The van der Waals surface area contributed by atoms with Crippen LogP contribution in [0, 0.1) is 12.8 Å². The summed E-state index contributed by atoms with van der Waals surface area (Å²) in [6, 6.07) is 6.01. The van der Waals surface area contributed by atoms with Crippen LogP contribution in [0.2, 0.25) is 0 Å². The smallest absolute Gasteiger partial charge is 0.106 e. The van der Waals surface area contributed by atoms with E-state index < -0.39 is 0 Å². The number of aryl methyl sites for hydroxylation is 1. The van der Waals surface area contributed by atoms with Gasteiger partial charge in [-0.3, -0.25) is 0 Å². The molecule has 0 saturated carbocycles. The van der Waals surface area contributed by atoms with Crippen LogP contribution in [0.25, 0.3) is 0 Å². The van der Waals surface area contributed by atoms with E-state index >= 15 is 0 Å². The van der Waals surface area contributed by atoms with Gasteiger partial charge in [0.25, 0.3) is 0 Å². The Hall–Kier alpha value is -1.13. The third kappa shape index (κ3) is 2.96. The van der Waals surface area contributed by atoms with E-state index in [1.807, 2.05) is 12.1 Å². The molecule has 0 amide bonds. The molecule has 1 unspecified atom stereocenters. The summed E-state index contributed by atoms with van der Waals surface area (Å²) in [6.45, 7) is 4.71. The second kappa shape index (κ2) is 5.47. The van der Waals surface area contributed by atoms with E-state index in [0.29, 0.717) is 10.9 Å². The lowest BCUT2D eigenvalue weighted by atomic mass is 10.1. The number of thiocarbonyl (C=S) groups is 1. The Kier molecular flexibility index (Phi) is 3.97. The second-order valence-electron chi connectivity index (χ2n) is 4.47. The Morgan fingerprint density at radius 1 is 1.59 bits per heavy atom. The van der Waals surface area contributed by atoms with Gasteiger partial charge in [-0.05, 0) is 25.0 Å². The molecular weight excluding hydrogens is 232 g/mol. The molecule has 0 aliphatic carbocycles. The molecule has 4 heteroatoms. The van der Waals surface area contributed by atoms with Gasteiger partial charge in [-0.15, -0.1) is 0 Å². The minimum absolute atomic E-state index is 0.443. The van der Waals surface area contributed by atoms with Crippen molar-refractivity contribution in [3.8, 4) is 0 Å². The Bertz CT molecular complexity index is 414. The van der Waals surface area contributed by atoms with Gasteiger partial charge in [-0.2, -0.15) is 0 Å². The number of anilines is 1. The minimum atomic E-state index is 0.443. The highest BCUT2D eigenvalue weighted by molar-refractivity contribution is 7.80. The maximum atomic E-state index is 5.73. The lowest BCUT2D eigenvalue weighted by Gasteiger charge is -2.16. The maximum absolute atomic E-state index is 5.73. The highest BCUT2D eigenvalue weighted by Gasteiger charge is 2.16. The van der Waals surface area contributed by atoms with E-state index in [1.54, 1.807) is 0 Å². The molecule has 1 aliphatic heterocycles. The lowest BCUT2D eigenvalue weighted by molar-refractivity contribution is 0.187. The first kappa shape index (κ1) is 12.3. The van der Waals surface area contributed by atoms with Gasteiger partial charge in [0.2, 0.25) is 0 Å². The number of para-hydroxylation sites is 1. The van der Waals surface area contributed by atoms with E-state index in [0.717, 1.165) is 37.4 Å². The molecule has 1 saturated heterocycles. The molecule has 1 aliphatic rings. The number of nitrogens with two attached hydrogens (primary N) is 1. The van der Waals surface area contributed by atoms with Gasteiger partial charge in [0.1, 0.15) is 4.99 Å². The highest BCUT2D eigenvalue weighted by Crippen LogP contribution is 2.22. The molecule has 1 aromatic carbocycles. The Labute approximate surface area is 107 Å². The topological polar surface area (TPSA) is 47.3 Å². The summed E-state index contributed by atoms with van der Waals surface area (Å²) in [7, 11) is 0. The van der Waals surface area contributed by atoms with Gasteiger partial charge >= 0.3 is 0 Å². The number of hydrogen-bond acceptors (Lipinski definition) is 3. The molecule has 0 aromatic heterocycles. The molecule has 3 N–H and O–H groups in total. The fourth-order valence-electron chi connectivity index (χ4n) is 2.10. The van der Waals surface area contributed by atoms with Gasteiger partial charge in [0.05, 0.1) is 6.61 Å². The molecule has 1 aromatic rings. The van der Waals surface area contributed by atoms with Crippen LogP contribution >= 0.6 is 12.2 Å². The number of nitrogens with one attached hydrogen (secondary N) is 1. The highest BCUT2D eigenvalue weighted by atomic mass is 32.1. The van der Waals surface area contributed by atoms with Crippen molar-refractivity contribution >= 4 is 22.9 Å². The van der Waals surface area contributed by atoms with Crippen molar-refractivity contribution in [3.05, 3.63) is 29.3 Å². The first-order valence-electron chi connectivity index (χ1n) is 5.89. The molecule has 17 heavy (non-hydrogen) atoms. The molecule has 3 nitrogen and oxygen atoms in total. The number of ether oxygens (including phenoxy) is 1. The molecule has 1 atom stereocenters. The normalized spacial score (nSPS) is 19.2. The first-order valence-corrected chi connectivity index (χ1v) is 6.30. The average Bonchev–Trinajstić information content (AvgIpc) is 2.80. The zero-order chi connectivity index (χ0) is 12.3. The SMILES string of the molecule is Cc1cccc(C(N)=S)c1NCC1CCOC1. The molecule has 0 spiro atoms. The predicted octanol–water partition coefficient (Wildman–Crippen LogP) is 2.08. The van der Waals surface area contributed by atoms with Crippen molar-refractivity contribution in [1.29, 1.82) is 0 Å². The van der Waals surface area contributed by atoms with Crippen LogP contribution < -0.4 is 11.1 Å². The van der Waals surface area contributed by atoms with E-state index in [4.69, 9.17) is 22.7 Å². The van der Waals surface area contributed by atoms with Gasteiger partial charge in [0.15, 0.2) is 0 Å². The van der Waals surface area contributed by atoms with Crippen molar-refractivity contribution in [2.75, 3.05) is 25.1 Å². The zero-order valence-corrected chi connectivity index (χ0v) is 10.8. The Balaban J connectivity index is 2.10. The van der Waals surface area contributed by atoms with E-state index in [-0.39, 0.29) is 0 Å². The van der Waals surface area contributed by atoms with Gasteiger partial charge in [-0.25, -0.2) is 0 Å². The van der Waals surface area contributed by atoms with Gasteiger partial charge in [0, 0.05) is 30.3 Å². The van der Waals surface area contributed by atoms with Crippen LogP contribution in [-0.2, 0) is 4.74 Å². The molecule has 92 valence electrons. The number of benzene rings is 1. The summed E-state index contributed by atoms with van der Waals surface area (Å²) >= 11 is 5.07. The summed E-state index contributed by atoms with van der Waals surface area (Å²) in [4.78, 5) is 0.443. The lowest BCUT2D eigenvalue weighted by Crippen LogP contribution is -2.19. The largest absolute Gasteiger partial charge is 0.389 e. The molecule has 0 bridgehead atoms. The van der Waals surface area contributed by atoms with E-state index in [2.05, 4.69) is 18.3 Å². The van der Waals surface area contributed by atoms with Crippen molar-refractivity contribution in [2.24, 2.45) is 11.7 Å². The summed E-state index contributed by atoms with van der Waals surface area (Å²) in [5.74, 6) is 0.591. The molecule has 2 rings (SSSR count). The van der Waals surface area contributed by atoms with Crippen molar-refractivity contribution in [2.45, 2.75) is 13.3 Å². The van der Waals surface area contributed by atoms with Crippen LogP contribution in [0.5, 0.6) is 0 Å².